The zero-order chi connectivity index (χ0) is 19.3. The van der Waals surface area contributed by atoms with E-state index in [2.05, 4.69) is 10.6 Å². The molecule has 1 aliphatic heterocycles. The normalized spacial score (nSPS) is 31.7. The molecule has 11 nitrogen and oxygen atoms in total. The second-order valence-electron chi connectivity index (χ2n) is 5.85. The number of nitrogens with one attached hydrogen (secondary N) is 2. The lowest BCUT2D eigenvalue weighted by Crippen LogP contribution is -2.65. The number of aliphatic hydroxyl groups is 3. The maximum atomic E-state index is 11.5. The van der Waals surface area contributed by atoms with Crippen molar-refractivity contribution >= 4 is 17.7 Å². The standard InChI is InChI=1S/C14H25N3O8/c1-5(9(13(15)23)16-6(2)19)24-14-10(17-7(3)20)12(22)11(21)8(4-18)25-14/h5,8-12,14,18,21-22H,4H2,1-3H3,(H2,15,23)(H,16,19)(H,17,20)/t5-,8?,9+,10?,11-,12?,14-/m1/s1. The van der Waals surface area contributed by atoms with Crippen molar-refractivity contribution in [1.29, 1.82) is 0 Å². The Morgan fingerprint density at radius 2 is 1.80 bits per heavy atom. The van der Waals surface area contributed by atoms with Crippen molar-refractivity contribution in [3.63, 3.8) is 0 Å². The van der Waals surface area contributed by atoms with Crippen LogP contribution in [0.25, 0.3) is 0 Å². The molecular formula is C14H25N3O8. The minimum absolute atomic E-state index is 0.508. The quantitative estimate of drug-likeness (QED) is 0.267. The molecule has 0 aromatic heterocycles. The summed E-state index contributed by atoms with van der Waals surface area (Å²) in [5, 5.41) is 34.0. The Morgan fingerprint density at radius 1 is 1.20 bits per heavy atom. The predicted molar refractivity (Wildman–Crippen MR) is 82.7 cm³/mol. The Balaban J connectivity index is 2.97. The first-order valence-electron chi connectivity index (χ1n) is 7.69. The van der Waals surface area contributed by atoms with E-state index >= 15 is 0 Å². The molecule has 0 aliphatic carbocycles. The number of carbonyl (C=O) groups excluding carboxylic acids is 3. The van der Waals surface area contributed by atoms with Gasteiger partial charge in [0.1, 0.15) is 30.4 Å². The molecule has 1 rings (SSSR count). The van der Waals surface area contributed by atoms with Gasteiger partial charge in [-0.2, -0.15) is 0 Å². The van der Waals surface area contributed by atoms with Crippen molar-refractivity contribution < 1.29 is 39.2 Å². The second-order valence-corrected chi connectivity index (χ2v) is 5.85. The van der Waals surface area contributed by atoms with Crippen LogP contribution in [-0.4, -0.2) is 82.4 Å². The highest BCUT2D eigenvalue weighted by Crippen LogP contribution is 2.23. The number of ether oxygens (including phenoxy) is 2. The highest BCUT2D eigenvalue weighted by molar-refractivity contribution is 5.86. The van der Waals surface area contributed by atoms with Gasteiger partial charge in [0.15, 0.2) is 6.29 Å². The van der Waals surface area contributed by atoms with Crippen molar-refractivity contribution in [2.24, 2.45) is 5.73 Å². The SMILES string of the molecule is CC(=O)NC1C(O)[C@H](O)C(CO)O[C@H]1O[C@H](C)[C@H](NC(C)=O)C(N)=O. The van der Waals surface area contributed by atoms with Crippen LogP contribution in [0, 0.1) is 0 Å². The van der Waals surface area contributed by atoms with Crippen molar-refractivity contribution in [3.05, 3.63) is 0 Å². The Morgan fingerprint density at radius 3 is 2.24 bits per heavy atom. The number of amides is 3. The first-order valence-corrected chi connectivity index (χ1v) is 7.69. The van der Waals surface area contributed by atoms with E-state index in [1.807, 2.05) is 0 Å². The van der Waals surface area contributed by atoms with Gasteiger partial charge in [-0.05, 0) is 6.92 Å². The fraction of sp³-hybridized carbons (Fsp3) is 0.786. The molecule has 0 aromatic rings. The molecule has 0 bridgehead atoms. The summed E-state index contributed by atoms with van der Waals surface area (Å²) in [6, 6.07) is -2.35. The summed E-state index contributed by atoms with van der Waals surface area (Å²) in [7, 11) is 0. The molecule has 144 valence electrons. The average molecular weight is 363 g/mol. The molecule has 0 radical (unpaired) electrons. The first-order chi connectivity index (χ1) is 11.6. The number of aliphatic hydroxyl groups excluding tert-OH is 3. The highest BCUT2D eigenvalue weighted by Gasteiger charge is 2.46. The van der Waals surface area contributed by atoms with Crippen LogP contribution in [0.15, 0.2) is 0 Å². The predicted octanol–water partition coefficient (Wildman–Crippen LogP) is -3.67. The monoisotopic (exact) mass is 363 g/mol. The minimum atomic E-state index is -1.49. The molecule has 7 atom stereocenters. The molecule has 0 aromatic carbocycles. The number of rotatable bonds is 7. The van der Waals surface area contributed by atoms with Crippen molar-refractivity contribution in [2.75, 3.05) is 6.61 Å². The van der Waals surface area contributed by atoms with Gasteiger partial charge in [-0.15, -0.1) is 0 Å². The van der Waals surface area contributed by atoms with Gasteiger partial charge in [0.25, 0.3) is 0 Å². The van der Waals surface area contributed by atoms with E-state index < -0.39 is 67.1 Å². The fourth-order valence-corrected chi connectivity index (χ4v) is 2.52. The maximum absolute atomic E-state index is 11.5. The number of hydrogen-bond donors (Lipinski definition) is 6. The van der Waals surface area contributed by atoms with E-state index in [-0.39, 0.29) is 0 Å². The molecule has 11 heteroatoms. The number of hydrogen-bond acceptors (Lipinski definition) is 8. The first kappa shape index (κ1) is 21.3. The zero-order valence-electron chi connectivity index (χ0n) is 14.2. The second kappa shape index (κ2) is 9.06. The van der Waals surface area contributed by atoms with Crippen molar-refractivity contribution in [1.82, 2.24) is 10.6 Å². The number of carbonyl (C=O) groups is 3. The number of nitrogens with two attached hydrogens (primary N) is 1. The molecule has 25 heavy (non-hydrogen) atoms. The summed E-state index contributed by atoms with van der Waals surface area (Å²) in [6.07, 6.45) is -6.39. The lowest BCUT2D eigenvalue weighted by atomic mass is 9.96. The van der Waals surface area contributed by atoms with Gasteiger partial charge in [-0.1, -0.05) is 0 Å². The van der Waals surface area contributed by atoms with Crippen LogP contribution in [-0.2, 0) is 23.9 Å². The lowest BCUT2D eigenvalue weighted by molar-refractivity contribution is -0.281. The van der Waals surface area contributed by atoms with Crippen LogP contribution in [0.1, 0.15) is 20.8 Å². The van der Waals surface area contributed by atoms with E-state index in [1.165, 1.54) is 20.8 Å². The third kappa shape index (κ3) is 5.61. The minimum Gasteiger partial charge on any atom is -0.394 e. The topological polar surface area (TPSA) is 180 Å². The van der Waals surface area contributed by atoms with Gasteiger partial charge < -0.3 is 41.2 Å². The molecule has 7 N–H and O–H groups in total. The number of primary amides is 1. The van der Waals surface area contributed by atoms with Crippen LogP contribution >= 0.6 is 0 Å². The summed E-state index contributed by atoms with van der Waals surface area (Å²) in [5.74, 6) is -1.88. The van der Waals surface area contributed by atoms with Gasteiger partial charge in [0.05, 0.1) is 12.7 Å². The third-order valence-electron chi connectivity index (χ3n) is 3.73. The fourth-order valence-electron chi connectivity index (χ4n) is 2.52. The van der Waals surface area contributed by atoms with E-state index in [9.17, 15) is 29.7 Å². The zero-order valence-corrected chi connectivity index (χ0v) is 14.2. The van der Waals surface area contributed by atoms with Gasteiger partial charge in [-0.3, -0.25) is 14.4 Å². The molecule has 0 saturated carbocycles. The summed E-state index contributed by atoms with van der Waals surface area (Å²) < 4.78 is 10.9. The Bertz CT molecular complexity index is 502. The lowest BCUT2D eigenvalue weighted by Gasteiger charge is -2.43. The summed E-state index contributed by atoms with van der Waals surface area (Å²) >= 11 is 0. The van der Waals surface area contributed by atoms with E-state index in [0.29, 0.717) is 0 Å². The van der Waals surface area contributed by atoms with E-state index in [0.717, 1.165) is 0 Å². The van der Waals surface area contributed by atoms with Gasteiger partial charge in [0, 0.05) is 13.8 Å². The summed E-state index contributed by atoms with van der Waals surface area (Å²) in [5.41, 5.74) is 5.24. The maximum Gasteiger partial charge on any atom is 0.242 e. The van der Waals surface area contributed by atoms with Crippen LogP contribution < -0.4 is 16.4 Å². The van der Waals surface area contributed by atoms with Gasteiger partial charge >= 0.3 is 0 Å². The highest BCUT2D eigenvalue weighted by atomic mass is 16.7. The largest absolute Gasteiger partial charge is 0.394 e. The molecule has 3 amide bonds. The van der Waals surface area contributed by atoms with Gasteiger partial charge in [-0.25, -0.2) is 0 Å². The summed E-state index contributed by atoms with van der Waals surface area (Å²) in [6.45, 7) is 3.22. The van der Waals surface area contributed by atoms with Gasteiger partial charge in [0.2, 0.25) is 17.7 Å². The Labute approximate surface area is 144 Å². The molecule has 1 fully saturated rings. The van der Waals surface area contributed by atoms with E-state index in [1.54, 1.807) is 0 Å². The van der Waals surface area contributed by atoms with Crippen molar-refractivity contribution in [3.8, 4) is 0 Å². The molecule has 1 saturated heterocycles. The average Bonchev–Trinajstić information content (AvgIpc) is 2.51. The Hall–Kier alpha value is -1.79. The molecular weight excluding hydrogens is 338 g/mol. The molecule has 0 spiro atoms. The summed E-state index contributed by atoms with van der Waals surface area (Å²) in [4.78, 5) is 34.0. The van der Waals surface area contributed by atoms with Crippen LogP contribution in [0.4, 0.5) is 0 Å². The molecule has 1 heterocycles. The van der Waals surface area contributed by atoms with E-state index in [4.69, 9.17) is 15.2 Å². The van der Waals surface area contributed by atoms with Crippen LogP contribution in [0.3, 0.4) is 0 Å². The third-order valence-corrected chi connectivity index (χ3v) is 3.73. The molecule has 3 unspecified atom stereocenters. The van der Waals surface area contributed by atoms with Crippen LogP contribution in [0.2, 0.25) is 0 Å². The molecule has 1 aliphatic rings. The van der Waals surface area contributed by atoms with Crippen molar-refractivity contribution in [2.45, 2.75) is 63.6 Å². The Kier molecular flexibility index (Phi) is 7.70. The van der Waals surface area contributed by atoms with Crippen LogP contribution in [0.5, 0.6) is 0 Å². The smallest absolute Gasteiger partial charge is 0.242 e.